The van der Waals surface area contributed by atoms with Crippen LogP contribution < -0.4 is 15.4 Å². The highest BCUT2D eigenvalue weighted by atomic mass is 32.1. The molecule has 7 nitrogen and oxygen atoms in total. The molecule has 0 saturated heterocycles. The Balaban J connectivity index is 2.04. The summed E-state index contributed by atoms with van der Waals surface area (Å²) in [5.74, 6) is 0.210. The van der Waals surface area contributed by atoms with Gasteiger partial charge in [-0.05, 0) is 19.1 Å². The van der Waals surface area contributed by atoms with Gasteiger partial charge in [-0.1, -0.05) is 30.4 Å². The molecule has 0 aliphatic heterocycles. The second kappa shape index (κ2) is 7.68. The van der Waals surface area contributed by atoms with Crippen molar-refractivity contribution >= 4 is 28.3 Å². The fourth-order valence-corrected chi connectivity index (χ4v) is 2.51. The van der Waals surface area contributed by atoms with Crippen molar-refractivity contribution in [3.63, 3.8) is 0 Å². The Morgan fingerprint density at radius 2 is 2.13 bits per heavy atom. The number of nitrogens with one attached hydrogen (secondary N) is 2. The molecule has 1 aromatic carbocycles. The van der Waals surface area contributed by atoms with E-state index in [2.05, 4.69) is 20.8 Å². The molecule has 1 atom stereocenters. The molecule has 0 spiro atoms. The molecule has 1 heterocycles. The predicted octanol–water partition coefficient (Wildman–Crippen LogP) is 2.07. The molecule has 1 unspecified atom stereocenters. The van der Waals surface area contributed by atoms with E-state index in [1.54, 1.807) is 21.0 Å². The zero-order chi connectivity index (χ0) is 16.8. The summed E-state index contributed by atoms with van der Waals surface area (Å²) in [6.07, 6.45) is 0.330. The molecule has 2 aromatic rings. The highest BCUT2D eigenvalue weighted by molar-refractivity contribution is 7.18. The maximum absolute atomic E-state index is 12.0. The molecule has 0 fully saturated rings. The van der Waals surface area contributed by atoms with E-state index in [1.807, 2.05) is 24.3 Å². The minimum absolute atomic E-state index is 0.179. The van der Waals surface area contributed by atoms with E-state index in [4.69, 9.17) is 4.74 Å². The predicted molar refractivity (Wildman–Crippen MR) is 88.4 cm³/mol. The minimum Gasteiger partial charge on any atom is -0.497 e. The lowest BCUT2D eigenvalue weighted by molar-refractivity contribution is -0.125. The summed E-state index contributed by atoms with van der Waals surface area (Å²) in [6, 6.07) is 6.79. The van der Waals surface area contributed by atoms with Crippen LogP contribution in [-0.2, 0) is 9.59 Å². The van der Waals surface area contributed by atoms with Gasteiger partial charge >= 0.3 is 0 Å². The summed E-state index contributed by atoms with van der Waals surface area (Å²) in [6.45, 7) is 3.35. The molecule has 0 radical (unpaired) electrons. The van der Waals surface area contributed by atoms with Crippen LogP contribution in [-0.4, -0.2) is 35.2 Å². The third kappa shape index (κ3) is 4.49. The van der Waals surface area contributed by atoms with Crippen LogP contribution in [0.15, 0.2) is 24.3 Å². The van der Waals surface area contributed by atoms with Gasteiger partial charge in [0.2, 0.25) is 16.9 Å². The van der Waals surface area contributed by atoms with Crippen LogP contribution in [0, 0.1) is 0 Å². The van der Waals surface area contributed by atoms with Gasteiger partial charge < -0.3 is 10.1 Å². The summed E-state index contributed by atoms with van der Waals surface area (Å²) in [7, 11) is 1.59. The fourth-order valence-electron chi connectivity index (χ4n) is 1.77. The number of amides is 2. The molecule has 122 valence electrons. The van der Waals surface area contributed by atoms with Crippen LogP contribution in [0.3, 0.4) is 0 Å². The Morgan fingerprint density at radius 3 is 2.83 bits per heavy atom. The molecular weight excluding hydrogens is 316 g/mol. The normalized spacial score (nSPS) is 11.6. The highest BCUT2D eigenvalue weighted by Gasteiger charge is 2.17. The zero-order valence-electron chi connectivity index (χ0n) is 13.1. The summed E-state index contributed by atoms with van der Waals surface area (Å²) >= 11 is 1.25. The van der Waals surface area contributed by atoms with Gasteiger partial charge in [-0.25, -0.2) is 0 Å². The van der Waals surface area contributed by atoms with Crippen LogP contribution in [0.25, 0.3) is 10.6 Å². The van der Waals surface area contributed by atoms with Crippen LogP contribution >= 0.6 is 11.3 Å². The van der Waals surface area contributed by atoms with Crippen LogP contribution in [0.1, 0.15) is 20.3 Å². The summed E-state index contributed by atoms with van der Waals surface area (Å²) in [4.78, 5) is 23.3. The Morgan fingerprint density at radius 1 is 1.35 bits per heavy atom. The number of benzene rings is 1. The second-order valence-corrected chi connectivity index (χ2v) is 5.75. The average Bonchev–Trinajstić information content (AvgIpc) is 3.03. The van der Waals surface area contributed by atoms with Crippen LogP contribution in [0.2, 0.25) is 0 Å². The third-order valence-electron chi connectivity index (χ3n) is 3.06. The van der Waals surface area contributed by atoms with Gasteiger partial charge in [0.05, 0.1) is 7.11 Å². The lowest BCUT2D eigenvalue weighted by Gasteiger charge is -2.11. The van der Waals surface area contributed by atoms with Crippen molar-refractivity contribution in [2.45, 2.75) is 26.3 Å². The first-order chi connectivity index (χ1) is 11.0. The van der Waals surface area contributed by atoms with E-state index >= 15 is 0 Å². The molecule has 0 saturated carbocycles. The average molecular weight is 334 g/mol. The highest BCUT2D eigenvalue weighted by Crippen LogP contribution is 2.28. The molecule has 0 aliphatic carbocycles. The number of carbonyl (C=O) groups is 2. The van der Waals surface area contributed by atoms with Gasteiger partial charge in [0.15, 0.2) is 0 Å². The summed E-state index contributed by atoms with van der Waals surface area (Å²) in [5.41, 5.74) is 0.856. The number of aromatic nitrogens is 2. The third-order valence-corrected chi connectivity index (χ3v) is 3.95. The monoisotopic (exact) mass is 334 g/mol. The molecular formula is C15H18N4O3S. The van der Waals surface area contributed by atoms with Crippen molar-refractivity contribution in [2.24, 2.45) is 0 Å². The Kier molecular flexibility index (Phi) is 5.64. The van der Waals surface area contributed by atoms with Gasteiger partial charge in [0.1, 0.15) is 16.8 Å². The molecule has 2 rings (SSSR count). The standard InChI is InChI=1S/C15H18N4O3S/c1-4-12(20)16-9(2)13(21)17-15-19-18-14(23-15)10-6-5-7-11(8-10)22-3/h5-9H,4H2,1-3H3,(H,16,20)(H,17,19,21). The molecule has 0 bridgehead atoms. The Hall–Kier alpha value is -2.48. The van der Waals surface area contributed by atoms with Gasteiger partial charge in [-0.15, -0.1) is 10.2 Å². The number of methoxy groups -OCH3 is 1. The van der Waals surface area contributed by atoms with Crippen molar-refractivity contribution in [2.75, 3.05) is 12.4 Å². The van der Waals surface area contributed by atoms with Crippen molar-refractivity contribution in [1.29, 1.82) is 0 Å². The van der Waals surface area contributed by atoms with E-state index in [-0.39, 0.29) is 11.8 Å². The number of ether oxygens (including phenoxy) is 1. The number of nitrogens with zero attached hydrogens (tertiary/aromatic N) is 2. The molecule has 2 N–H and O–H groups in total. The first-order valence-electron chi connectivity index (χ1n) is 7.11. The number of rotatable bonds is 6. The molecule has 2 amide bonds. The van der Waals surface area contributed by atoms with E-state index in [0.717, 1.165) is 11.3 Å². The minimum atomic E-state index is -0.633. The van der Waals surface area contributed by atoms with Gasteiger partial charge in [0, 0.05) is 12.0 Å². The number of carbonyl (C=O) groups excluding carboxylic acids is 2. The van der Waals surface area contributed by atoms with E-state index < -0.39 is 6.04 Å². The van der Waals surface area contributed by atoms with Crippen molar-refractivity contribution in [3.8, 4) is 16.3 Å². The summed E-state index contributed by atoms with van der Waals surface area (Å²) in [5, 5.41) is 14.3. The molecule has 1 aromatic heterocycles. The van der Waals surface area contributed by atoms with Crippen molar-refractivity contribution in [1.82, 2.24) is 15.5 Å². The maximum atomic E-state index is 12.0. The van der Waals surface area contributed by atoms with E-state index in [0.29, 0.717) is 16.6 Å². The van der Waals surface area contributed by atoms with E-state index in [9.17, 15) is 9.59 Å². The number of anilines is 1. The Bertz CT molecular complexity index is 702. The van der Waals surface area contributed by atoms with Crippen LogP contribution in [0.5, 0.6) is 5.75 Å². The maximum Gasteiger partial charge on any atom is 0.248 e. The van der Waals surface area contributed by atoms with Crippen LogP contribution in [0.4, 0.5) is 5.13 Å². The first-order valence-corrected chi connectivity index (χ1v) is 7.93. The quantitative estimate of drug-likeness (QED) is 0.843. The topological polar surface area (TPSA) is 93.2 Å². The molecule has 8 heteroatoms. The second-order valence-electron chi connectivity index (χ2n) is 4.78. The van der Waals surface area contributed by atoms with Crippen molar-refractivity contribution < 1.29 is 14.3 Å². The lowest BCUT2D eigenvalue weighted by atomic mass is 10.2. The van der Waals surface area contributed by atoms with Crippen molar-refractivity contribution in [3.05, 3.63) is 24.3 Å². The van der Waals surface area contributed by atoms with Gasteiger partial charge in [-0.3, -0.25) is 14.9 Å². The fraction of sp³-hybridized carbons (Fsp3) is 0.333. The Labute approximate surface area is 138 Å². The number of hydrogen-bond donors (Lipinski definition) is 2. The lowest BCUT2D eigenvalue weighted by Crippen LogP contribution is -2.41. The summed E-state index contributed by atoms with van der Waals surface area (Å²) < 4.78 is 5.17. The first kappa shape index (κ1) is 16.9. The molecule has 0 aliphatic rings. The van der Waals surface area contributed by atoms with Gasteiger partial charge in [0.25, 0.3) is 0 Å². The van der Waals surface area contributed by atoms with Gasteiger partial charge in [-0.2, -0.15) is 0 Å². The van der Waals surface area contributed by atoms with E-state index in [1.165, 1.54) is 11.3 Å². The molecule has 23 heavy (non-hydrogen) atoms. The SMILES string of the molecule is CCC(=O)NC(C)C(=O)Nc1nnc(-c2cccc(OC)c2)s1. The number of hydrogen-bond acceptors (Lipinski definition) is 6. The smallest absolute Gasteiger partial charge is 0.248 e. The zero-order valence-corrected chi connectivity index (χ0v) is 13.9. The largest absolute Gasteiger partial charge is 0.497 e.